The van der Waals surface area contributed by atoms with Gasteiger partial charge in [-0.25, -0.2) is 8.42 Å². The van der Waals surface area contributed by atoms with E-state index in [0.29, 0.717) is 11.3 Å². The van der Waals surface area contributed by atoms with Gasteiger partial charge >= 0.3 is 0 Å². The van der Waals surface area contributed by atoms with Gasteiger partial charge in [0, 0.05) is 14.1 Å². The number of sulfone groups is 1. The molecule has 2 aromatic carbocycles. The first-order chi connectivity index (χ1) is 10.8. The number of rotatable bonds is 3. The molecule has 0 aliphatic heterocycles. The number of nitriles is 1. The number of hydrogen-bond donors (Lipinski definition) is 0. The summed E-state index contributed by atoms with van der Waals surface area (Å²) in [5.41, 5.74) is 0.407. The molecule has 5 nitrogen and oxygen atoms in total. The van der Waals surface area contributed by atoms with Gasteiger partial charge in [0.2, 0.25) is 9.84 Å². The fourth-order valence-corrected chi connectivity index (χ4v) is 3.08. The van der Waals surface area contributed by atoms with E-state index >= 15 is 0 Å². The van der Waals surface area contributed by atoms with Gasteiger partial charge < -0.3 is 9.64 Å². The van der Waals surface area contributed by atoms with Gasteiger partial charge in [-0.15, -0.1) is 0 Å². The molecule has 0 unspecified atom stereocenters. The molecule has 0 amide bonds. The van der Waals surface area contributed by atoms with Gasteiger partial charge in [0.05, 0.1) is 21.4 Å². The Morgan fingerprint density at radius 2 is 1.52 bits per heavy atom. The largest absolute Gasteiger partial charge is 0.432 e. The smallest absolute Gasteiger partial charge is 0.264 e. The number of ether oxygens (including phenoxy) is 1. The highest BCUT2D eigenvalue weighted by Gasteiger charge is 2.17. The second kappa shape index (κ2) is 6.77. The number of benzene rings is 2. The molecule has 0 saturated heterocycles. The molecule has 23 heavy (non-hydrogen) atoms. The van der Waals surface area contributed by atoms with Crippen molar-refractivity contribution in [2.75, 3.05) is 14.1 Å². The van der Waals surface area contributed by atoms with Crippen LogP contribution in [0.2, 0.25) is 0 Å². The Morgan fingerprint density at radius 3 is 1.96 bits per heavy atom. The summed E-state index contributed by atoms with van der Waals surface area (Å²) >= 11 is 5.03. The maximum absolute atomic E-state index is 12.5. The van der Waals surface area contributed by atoms with E-state index in [1.807, 2.05) is 6.07 Å². The Labute approximate surface area is 140 Å². The number of nitrogens with zero attached hydrogens (tertiary/aromatic N) is 2. The van der Waals surface area contributed by atoms with Crippen molar-refractivity contribution >= 4 is 27.2 Å². The van der Waals surface area contributed by atoms with Crippen LogP contribution in [0.1, 0.15) is 5.56 Å². The zero-order valence-electron chi connectivity index (χ0n) is 12.6. The van der Waals surface area contributed by atoms with Crippen LogP contribution in [0.3, 0.4) is 0 Å². The van der Waals surface area contributed by atoms with Crippen LogP contribution < -0.4 is 4.74 Å². The Morgan fingerprint density at radius 1 is 1.04 bits per heavy atom. The molecule has 2 rings (SSSR count). The van der Waals surface area contributed by atoms with Crippen molar-refractivity contribution in [3.63, 3.8) is 0 Å². The molecule has 0 aromatic heterocycles. The summed E-state index contributed by atoms with van der Waals surface area (Å²) in [6.07, 6.45) is 0. The van der Waals surface area contributed by atoms with E-state index in [1.165, 1.54) is 36.4 Å². The van der Waals surface area contributed by atoms with Crippen LogP contribution in [0.5, 0.6) is 5.75 Å². The predicted molar refractivity (Wildman–Crippen MR) is 90.0 cm³/mol. The van der Waals surface area contributed by atoms with Crippen LogP contribution in [0.15, 0.2) is 58.3 Å². The topological polar surface area (TPSA) is 70.4 Å². The molecule has 0 atom stereocenters. The SMILES string of the molecule is CN(C)C(=S)Oc1ccc(S(=O)(=O)c2ccc(C#N)cc2)cc1. The minimum absolute atomic E-state index is 0.133. The summed E-state index contributed by atoms with van der Waals surface area (Å²) in [6, 6.07) is 13.7. The minimum Gasteiger partial charge on any atom is -0.432 e. The van der Waals surface area contributed by atoms with Crippen LogP contribution in [-0.4, -0.2) is 32.6 Å². The molecule has 0 fully saturated rings. The fourth-order valence-electron chi connectivity index (χ4n) is 1.72. The summed E-state index contributed by atoms with van der Waals surface area (Å²) < 4.78 is 30.4. The van der Waals surface area contributed by atoms with Gasteiger partial charge in [-0.3, -0.25) is 0 Å². The Kier molecular flexibility index (Phi) is 4.98. The van der Waals surface area contributed by atoms with Crippen LogP contribution in [0.4, 0.5) is 0 Å². The standard InChI is InChI=1S/C16H14N2O3S2/c1-18(2)16(22)21-13-5-9-15(10-6-13)23(19,20)14-7-3-12(11-17)4-8-14/h3-10H,1-2H3. The Hall–Kier alpha value is -2.43. The van der Waals surface area contributed by atoms with Crippen LogP contribution in [0, 0.1) is 11.3 Å². The first kappa shape index (κ1) is 16.9. The van der Waals surface area contributed by atoms with Gasteiger partial charge in [-0.05, 0) is 60.7 Å². The van der Waals surface area contributed by atoms with Gasteiger partial charge in [0.15, 0.2) is 0 Å². The van der Waals surface area contributed by atoms with E-state index in [-0.39, 0.29) is 15.0 Å². The molecule has 0 heterocycles. The summed E-state index contributed by atoms with van der Waals surface area (Å²) in [5, 5.41) is 9.05. The highest BCUT2D eigenvalue weighted by atomic mass is 32.2. The van der Waals surface area contributed by atoms with Crippen LogP contribution in [0.25, 0.3) is 0 Å². The second-order valence-corrected chi connectivity index (χ2v) is 7.17. The third-order valence-corrected chi connectivity index (χ3v) is 5.23. The van der Waals surface area contributed by atoms with E-state index in [1.54, 1.807) is 31.1 Å². The molecule has 2 aromatic rings. The Bertz CT molecular complexity index is 850. The molecule has 0 bridgehead atoms. The molecule has 0 aliphatic rings. The number of thiocarbonyl (C=S) groups is 1. The molecular formula is C16H14N2O3S2. The molecule has 0 spiro atoms. The molecule has 0 aliphatic carbocycles. The van der Waals surface area contributed by atoms with Crippen molar-refractivity contribution in [1.29, 1.82) is 5.26 Å². The average molecular weight is 346 g/mol. The maximum atomic E-state index is 12.5. The lowest BCUT2D eigenvalue weighted by Crippen LogP contribution is -2.24. The van der Waals surface area contributed by atoms with E-state index in [9.17, 15) is 8.42 Å². The minimum atomic E-state index is -3.63. The highest BCUT2D eigenvalue weighted by Crippen LogP contribution is 2.23. The van der Waals surface area contributed by atoms with Crippen LogP contribution in [-0.2, 0) is 9.84 Å². The second-order valence-electron chi connectivity index (χ2n) is 4.87. The molecule has 0 N–H and O–H groups in total. The van der Waals surface area contributed by atoms with E-state index in [0.717, 1.165) is 0 Å². The molecular weight excluding hydrogens is 332 g/mol. The van der Waals surface area contributed by atoms with E-state index < -0.39 is 9.84 Å². The summed E-state index contributed by atoms with van der Waals surface area (Å²) in [7, 11) is -0.122. The third kappa shape index (κ3) is 3.86. The van der Waals surface area contributed by atoms with Crippen LogP contribution >= 0.6 is 12.2 Å². The van der Waals surface area contributed by atoms with E-state index in [2.05, 4.69) is 0 Å². The summed E-state index contributed by atoms with van der Waals surface area (Å²) in [6.45, 7) is 0. The maximum Gasteiger partial charge on any atom is 0.264 e. The van der Waals surface area contributed by atoms with Gasteiger partial charge in [0.1, 0.15) is 5.75 Å². The zero-order valence-corrected chi connectivity index (χ0v) is 14.2. The summed E-state index contributed by atoms with van der Waals surface area (Å²) in [4.78, 5) is 1.91. The first-order valence-corrected chi connectivity index (χ1v) is 8.48. The van der Waals surface area contributed by atoms with Gasteiger partial charge in [-0.2, -0.15) is 5.26 Å². The lowest BCUT2D eigenvalue weighted by atomic mass is 10.2. The Balaban J connectivity index is 2.26. The molecule has 0 saturated carbocycles. The highest BCUT2D eigenvalue weighted by molar-refractivity contribution is 7.91. The van der Waals surface area contributed by atoms with Crippen molar-refractivity contribution in [2.24, 2.45) is 0 Å². The van der Waals surface area contributed by atoms with Crippen molar-refractivity contribution in [3.8, 4) is 11.8 Å². The average Bonchev–Trinajstić information content (AvgIpc) is 2.55. The predicted octanol–water partition coefficient (Wildman–Crippen LogP) is 2.62. The monoisotopic (exact) mass is 346 g/mol. The molecule has 0 radical (unpaired) electrons. The van der Waals surface area contributed by atoms with Gasteiger partial charge in [-0.1, -0.05) is 0 Å². The number of hydrogen-bond acceptors (Lipinski definition) is 5. The zero-order chi connectivity index (χ0) is 17.0. The van der Waals surface area contributed by atoms with E-state index in [4.69, 9.17) is 22.2 Å². The quantitative estimate of drug-likeness (QED) is 0.796. The fraction of sp³-hybridized carbons (Fsp3) is 0.125. The third-order valence-electron chi connectivity index (χ3n) is 3.00. The van der Waals surface area contributed by atoms with Crippen molar-refractivity contribution in [2.45, 2.75) is 9.79 Å². The van der Waals surface area contributed by atoms with Crippen molar-refractivity contribution in [1.82, 2.24) is 4.90 Å². The summed E-state index contributed by atoms with van der Waals surface area (Å²) in [5.74, 6) is 0.461. The lowest BCUT2D eigenvalue weighted by Gasteiger charge is -2.14. The normalized spacial score (nSPS) is 10.7. The molecule has 118 valence electrons. The van der Waals surface area contributed by atoms with Gasteiger partial charge in [0.25, 0.3) is 5.17 Å². The first-order valence-electron chi connectivity index (χ1n) is 6.59. The van der Waals surface area contributed by atoms with Crippen molar-refractivity contribution < 1.29 is 13.2 Å². The van der Waals surface area contributed by atoms with Crippen molar-refractivity contribution in [3.05, 3.63) is 54.1 Å². The lowest BCUT2D eigenvalue weighted by molar-refractivity contribution is 0.449. The molecule has 7 heteroatoms.